The van der Waals surface area contributed by atoms with E-state index < -0.39 is 23.7 Å². The van der Waals surface area contributed by atoms with Crippen LogP contribution in [-0.4, -0.2) is 14.9 Å². The number of aromatic nitrogens is 2. The molecular formula is C13H12F4N2O. The molecular weight excluding hydrogens is 276 g/mol. The topological polar surface area (TPSA) is 38.0 Å². The van der Waals surface area contributed by atoms with Crippen molar-refractivity contribution in [2.75, 3.05) is 0 Å². The molecule has 1 heterocycles. The van der Waals surface area contributed by atoms with Crippen molar-refractivity contribution < 1.29 is 22.7 Å². The third-order valence-electron chi connectivity index (χ3n) is 2.85. The lowest BCUT2D eigenvalue weighted by Gasteiger charge is -2.13. The summed E-state index contributed by atoms with van der Waals surface area (Å²) in [5.41, 5.74) is -0.836. The largest absolute Gasteiger partial charge is 0.419 e. The van der Waals surface area contributed by atoms with E-state index in [1.165, 1.54) is 4.68 Å². The number of aliphatic hydroxyl groups is 1. The summed E-state index contributed by atoms with van der Waals surface area (Å²) in [6, 6.07) is 4.12. The molecule has 0 spiro atoms. The van der Waals surface area contributed by atoms with Crippen molar-refractivity contribution in [3.8, 4) is 0 Å². The van der Waals surface area contributed by atoms with E-state index in [-0.39, 0.29) is 12.0 Å². The molecule has 1 aromatic carbocycles. The van der Waals surface area contributed by atoms with Crippen molar-refractivity contribution >= 4 is 0 Å². The second-order valence-corrected chi connectivity index (χ2v) is 4.44. The number of alkyl halides is 3. The summed E-state index contributed by atoms with van der Waals surface area (Å²) in [6.45, 7) is 0. The van der Waals surface area contributed by atoms with Gasteiger partial charge < -0.3 is 5.11 Å². The van der Waals surface area contributed by atoms with E-state index in [1.807, 2.05) is 0 Å². The summed E-state index contributed by atoms with van der Waals surface area (Å²) in [5.74, 6) is -1.36. The highest BCUT2D eigenvalue weighted by atomic mass is 19.4. The molecule has 0 radical (unpaired) electrons. The van der Waals surface area contributed by atoms with Crippen molar-refractivity contribution in [3.63, 3.8) is 0 Å². The molecule has 0 saturated heterocycles. The zero-order chi connectivity index (χ0) is 14.9. The maximum atomic E-state index is 13.1. The van der Waals surface area contributed by atoms with Crippen LogP contribution in [-0.2, 0) is 19.6 Å². The first-order valence-corrected chi connectivity index (χ1v) is 5.80. The Balaban J connectivity index is 2.24. The van der Waals surface area contributed by atoms with Gasteiger partial charge in [0.25, 0.3) is 0 Å². The van der Waals surface area contributed by atoms with Gasteiger partial charge in [0.05, 0.1) is 17.4 Å². The molecule has 1 atom stereocenters. The van der Waals surface area contributed by atoms with Gasteiger partial charge in [-0.1, -0.05) is 6.07 Å². The maximum absolute atomic E-state index is 13.1. The molecule has 2 rings (SSSR count). The van der Waals surface area contributed by atoms with Crippen molar-refractivity contribution in [1.29, 1.82) is 0 Å². The van der Waals surface area contributed by atoms with E-state index in [0.717, 1.165) is 6.07 Å². The van der Waals surface area contributed by atoms with Gasteiger partial charge in [0.2, 0.25) is 0 Å². The van der Waals surface area contributed by atoms with Crippen LogP contribution >= 0.6 is 0 Å². The number of halogens is 4. The minimum Gasteiger partial charge on any atom is -0.388 e. The second-order valence-electron chi connectivity index (χ2n) is 4.44. The predicted octanol–water partition coefficient (Wildman–Crippen LogP) is 2.85. The molecule has 1 aromatic heterocycles. The Kier molecular flexibility index (Phi) is 3.80. The Morgan fingerprint density at radius 2 is 2.00 bits per heavy atom. The fourth-order valence-corrected chi connectivity index (χ4v) is 1.86. The zero-order valence-corrected chi connectivity index (χ0v) is 10.5. The highest BCUT2D eigenvalue weighted by molar-refractivity contribution is 5.29. The van der Waals surface area contributed by atoms with E-state index in [0.29, 0.717) is 17.8 Å². The third kappa shape index (κ3) is 3.16. The quantitative estimate of drug-likeness (QED) is 0.882. The summed E-state index contributed by atoms with van der Waals surface area (Å²) >= 11 is 0. The van der Waals surface area contributed by atoms with Crippen molar-refractivity contribution in [1.82, 2.24) is 9.78 Å². The summed E-state index contributed by atoms with van der Waals surface area (Å²) in [4.78, 5) is 0. The standard InChI is InChI=1S/C13H12F4N2O/c1-19-5-4-9(18-19)7-12(20)8-2-3-11(14)10(6-8)13(15,16)17/h2-6,12,20H,7H2,1H3. The highest BCUT2D eigenvalue weighted by Crippen LogP contribution is 2.33. The van der Waals surface area contributed by atoms with E-state index in [2.05, 4.69) is 5.10 Å². The van der Waals surface area contributed by atoms with Crippen LogP contribution in [0.3, 0.4) is 0 Å². The van der Waals surface area contributed by atoms with E-state index >= 15 is 0 Å². The Morgan fingerprint density at radius 1 is 1.30 bits per heavy atom. The first-order valence-electron chi connectivity index (χ1n) is 5.80. The van der Waals surface area contributed by atoms with Gasteiger partial charge in [0.15, 0.2) is 0 Å². The molecule has 0 aliphatic heterocycles. The molecule has 0 aliphatic rings. The first-order chi connectivity index (χ1) is 9.27. The van der Waals surface area contributed by atoms with Crippen molar-refractivity contribution in [2.24, 2.45) is 7.05 Å². The number of aryl methyl sites for hydroxylation is 1. The van der Waals surface area contributed by atoms with Crippen LogP contribution in [0.15, 0.2) is 30.5 Å². The van der Waals surface area contributed by atoms with Gasteiger partial charge in [-0.3, -0.25) is 4.68 Å². The lowest BCUT2D eigenvalue weighted by molar-refractivity contribution is -0.140. The lowest BCUT2D eigenvalue weighted by Crippen LogP contribution is -2.11. The molecule has 0 aliphatic carbocycles. The molecule has 0 amide bonds. The Morgan fingerprint density at radius 3 is 2.55 bits per heavy atom. The second kappa shape index (κ2) is 5.24. The molecule has 1 unspecified atom stereocenters. The summed E-state index contributed by atoms with van der Waals surface area (Å²) in [6.07, 6.45) is -4.24. The molecule has 0 saturated carbocycles. The zero-order valence-electron chi connectivity index (χ0n) is 10.5. The molecule has 108 valence electrons. The van der Waals surface area contributed by atoms with Crippen molar-refractivity contribution in [2.45, 2.75) is 18.7 Å². The highest BCUT2D eigenvalue weighted by Gasteiger charge is 2.34. The Bertz CT molecular complexity index is 607. The molecule has 3 nitrogen and oxygen atoms in total. The van der Waals surface area contributed by atoms with Crippen LogP contribution in [0.2, 0.25) is 0 Å². The smallest absolute Gasteiger partial charge is 0.388 e. The van der Waals surface area contributed by atoms with Crippen LogP contribution in [0, 0.1) is 5.82 Å². The number of hydrogen-bond acceptors (Lipinski definition) is 2. The van der Waals surface area contributed by atoms with Crippen LogP contribution in [0.25, 0.3) is 0 Å². The van der Waals surface area contributed by atoms with Gasteiger partial charge in [-0.05, 0) is 23.8 Å². The molecule has 0 fully saturated rings. The number of aliphatic hydroxyl groups excluding tert-OH is 1. The summed E-state index contributed by atoms with van der Waals surface area (Å²) < 4.78 is 52.4. The monoisotopic (exact) mass is 288 g/mol. The minimum atomic E-state index is -4.79. The van der Waals surface area contributed by atoms with Crippen LogP contribution in [0.4, 0.5) is 17.6 Å². The number of rotatable bonds is 3. The van der Waals surface area contributed by atoms with Crippen LogP contribution in [0.5, 0.6) is 0 Å². The minimum absolute atomic E-state index is 0.00405. The fraction of sp³-hybridized carbons (Fsp3) is 0.308. The average Bonchev–Trinajstić information content (AvgIpc) is 2.73. The number of nitrogens with zero attached hydrogens (tertiary/aromatic N) is 2. The molecule has 20 heavy (non-hydrogen) atoms. The molecule has 1 N–H and O–H groups in total. The van der Waals surface area contributed by atoms with Crippen LogP contribution in [0.1, 0.15) is 22.9 Å². The molecule has 2 aromatic rings. The Hall–Kier alpha value is -1.89. The van der Waals surface area contributed by atoms with Gasteiger partial charge in [-0.2, -0.15) is 18.3 Å². The van der Waals surface area contributed by atoms with E-state index in [9.17, 15) is 22.7 Å². The average molecular weight is 288 g/mol. The summed E-state index contributed by atoms with van der Waals surface area (Å²) in [5, 5.41) is 14.0. The van der Waals surface area contributed by atoms with E-state index in [4.69, 9.17) is 0 Å². The van der Waals surface area contributed by atoms with Crippen LogP contribution < -0.4 is 0 Å². The fourth-order valence-electron chi connectivity index (χ4n) is 1.86. The lowest BCUT2D eigenvalue weighted by atomic mass is 10.0. The summed E-state index contributed by atoms with van der Waals surface area (Å²) in [7, 11) is 1.69. The van der Waals surface area contributed by atoms with Gasteiger partial charge in [0, 0.05) is 19.7 Å². The van der Waals surface area contributed by atoms with E-state index in [1.54, 1.807) is 19.3 Å². The van der Waals surface area contributed by atoms with Gasteiger partial charge in [-0.15, -0.1) is 0 Å². The van der Waals surface area contributed by atoms with Gasteiger partial charge >= 0.3 is 6.18 Å². The predicted molar refractivity (Wildman–Crippen MR) is 63.3 cm³/mol. The molecule has 7 heteroatoms. The SMILES string of the molecule is Cn1ccc(CC(O)c2ccc(F)c(C(F)(F)F)c2)n1. The third-order valence-corrected chi connectivity index (χ3v) is 2.85. The normalized spacial score (nSPS) is 13.5. The van der Waals surface area contributed by atoms with Gasteiger partial charge in [-0.25, -0.2) is 4.39 Å². The molecule has 0 bridgehead atoms. The Labute approximate surface area is 112 Å². The maximum Gasteiger partial charge on any atom is 0.419 e. The van der Waals surface area contributed by atoms with Crippen molar-refractivity contribution in [3.05, 3.63) is 53.1 Å². The number of benzene rings is 1. The van der Waals surface area contributed by atoms with Gasteiger partial charge in [0.1, 0.15) is 5.82 Å². The number of hydrogen-bond donors (Lipinski definition) is 1. The first kappa shape index (κ1) is 14.5.